The molecule has 1 amide bonds. The molecule has 0 bridgehead atoms. The highest BCUT2D eigenvalue weighted by Crippen LogP contribution is 2.29. The molecule has 2 saturated heterocycles. The summed E-state index contributed by atoms with van der Waals surface area (Å²) < 4.78 is 41.9. The summed E-state index contributed by atoms with van der Waals surface area (Å²) in [5.74, 6) is 0.799. The number of hydrogen-bond acceptors (Lipinski definition) is 5. The number of anilines is 1. The third kappa shape index (κ3) is 4.92. The largest absolute Gasteiger partial charge is 0.415 e. The van der Waals surface area contributed by atoms with Crippen molar-refractivity contribution in [2.75, 3.05) is 42.6 Å². The number of benzene rings is 2. The third-order valence-corrected chi connectivity index (χ3v) is 7.44. The number of rotatable bonds is 3. The maximum Gasteiger partial charge on any atom is 0.415 e. The molecule has 8 heteroatoms. The van der Waals surface area contributed by atoms with Crippen molar-refractivity contribution in [3.8, 4) is 5.75 Å². The first-order valence-electron chi connectivity index (χ1n) is 10.2. The molecule has 2 aliphatic rings. The Bertz CT molecular complexity index is 988. The Morgan fingerprint density at radius 2 is 1.63 bits per heavy atom. The molecule has 0 radical (unpaired) electrons. The molecule has 2 aromatic rings. The number of ether oxygens (including phenoxy) is 1. The van der Waals surface area contributed by atoms with Crippen LogP contribution in [0.1, 0.15) is 24.3 Å². The summed E-state index contributed by atoms with van der Waals surface area (Å²) in [6, 6.07) is 13.8. The second kappa shape index (κ2) is 8.63. The van der Waals surface area contributed by atoms with Crippen molar-refractivity contribution in [2.45, 2.75) is 18.8 Å². The van der Waals surface area contributed by atoms with E-state index in [-0.39, 0.29) is 23.4 Å². The zero-order chi connectivity index (χ0) is 21.1. The van der Waals surface area contributed by atoms with Gasteiger partial charge in [0.2, 0.25) is 0 Å². The van der Waals surface area contributed by atoms with Crippen molar-refractivity contribution < 1.29 is 22.3 Å². The van der Waals surface area contributed by atoms with Crippen LogP contribution in [0, 0.1) is 5.82 Å². The lowest BCUT2D eigenvalue weighted by Crippen LogP contribution is -2.40. The molecule has 4 rings (SSSR count). The molecule has 0 N–H and O–H groups in total. The van der Waals surface area contributed by atoms with Crippen molar-refractivity contribution in [3.63, 3.8) is 0 Å². The number of halogens is 1. The number of piperidine rings is 1. The summed E-state index contributed by atoms with van der Waals surface area (Å²) in [5.41, 5.74) is 1.95. The third-order valence-electron chi connectivity index (χ3n) is 5.83. The van der Waals surface area contributed by atoms with Crippen LogP contribution in [0.15, 0.2) is 48.5 Å². The van der Waals surface area contributed by atoms with Gasteiger partial charge in [0, 0.05) is 37.9 Å². The van der Waals surface area contributed by atoms with Crippen LogP contribution in [-0.2, 0) is 9.84 Å². The van der Waals surface area contributed by atoms with E-state index in [1.807, 2.05) is 29.2 Å². The molecule has 30 heavy (non-hydrogen) atoms. The van der Waals surface area contributed by atoms with Gasteiger partial charge in [-0.15, -0.1) is 0 Å². The van der Waals surface area contributed by atoms with E-state index in [9.17, 15) is 17.6 Å². The highest BCUT2D eigenvalue weighted by molar-refractivity contribution is 7.91. The monoisotopic (exact) mass is 432 g/mol. The Hall–Kier alpha value is -2.61. The summed E-state index contributed by atoms with van der Waals surface area (Å²) in [4.78, 5) is 16.3. The normalized spacial score (nSPS) is 19.5. The van der Waals surface area contributed by atoms with Crippen LogP contribution in [0.4, 0.5) is 14.9 Å². The Labute approximate surface area is 176 Å². The first kappa shape index (κ1) is 20.7. The first-order valence-corrected chi connectivity index (χ1v) is 12.0. The van der Waals surface area contributed by atoms with Crippen LogP contribution >= 0.6 is 0 Å². The molecule has 0 aromatic heterocycles. The minimum Gasteiger partial charge on any atom is -0.410 e. The molecule has 2 aromatic carbocycles. The van der Waals surface area contributed by atoms with Gasteiger partial charge in [0.05, 0.1) is 11.5 Å². The van der Waals surface area contributed by atoms with E-state index in [2.05, 4.69) is 0 Å². The SMILES string of the molecule is O=C(Oc1cccc(N2CCS(=O)(=O)CC2)c1)N1CCC(c2ccc(F)cc2)CC1. The Kier molecular flexibility index (Phi) is 5.94. The smallest absolute Gasteiger partial charge is 0.410 e. The van der Waals surface area contributed by atoms with Crippen LogP contribution in [0.2, 0.25) is 0 Å². The van der Waals surface area contributed by atoms with Gasteiger partial charge in [-0.2, -0.15) is 0 Å². The van der Waals surface area contributed by atoms with Crippen molar-refractivity contribution in [3.05, 3.63) is 59.9 Å². The molecular weight excluding hydrogens is 407 g/mol. The lowest BCUT2D eigenvalue weighted by atomic mass is 9.89. The van der Waals surface area contributed by atoms with E-state index in [1.165, 1.54) is 12.1 Å². The number of hydrogen-bond donors (Lipinski definition) is 0. The lowest BCUT2D eigenvalue weighted by Gasteiger charge is -2.31. The topological polar surface area (TPSA) is 66.9 Å². The fourth-order valence-electron chi connectivity index (χ4n) is 4.01. The zero-order valence-electron chi connectivity index (χ0n) is 16.7. The Balaban J connectivity index is 1.33. The lowest BCUT2D eigenvalue weighted by molar-refractivity contribution is 0.138. The van der Waals surface area contributed by atoms with E-state index in [4.69, 9.17) is 4.74 Å². The van der Waals surface area contributed by atoms with Gasteiger partial charge in [-0.1, -0.05) is 18.2 Å². The van der Waals surface area contributed by atoms with E-state index in [0.717, 1.165) is 24.1 Å². The van der Waals surface area contributed by atoms with Gasteiger partial charge in [0.1, 0.15) is 11.6 Å². The number of amides is 1. The second-order valence-corrected chi connectivity index (χ2v) is 10.1. The average molecular weight is 433 g/mol. The first-order chi connectivity index (χ1) is 14.4. The molecule has 0 spiro atoms. The fraction of sp³-hybridized carbons (Fsp3) is 0.409. The summed E-state index contributed by atoms with van der Waals surface area (Å²) >= 11 is 0. The van der Waals surface area contributed by atoms with Crippen molar-refractivity contribution in [2.24, 2.45) is 0 Å². The van der Waals surface area contributed by atoms with Crippen molar-refractivity contribution in [1.82, 2.24) is 4.90 Å². The predicted octanol–water partition coefficient (Wildman–Crippen LogP) is 3.44. The van der Waals surface area contributed by atoms with Gasteiger partial charge in [0.15, 0.2) is 9.84 Å². The highest BCUT2D eigenvalue weighted by Gasteiger charge is 2.26. The standard InChI is InChI=1S/C22H25FN2O4S/c23-19-6-4-17(5-7-19)18-8-10-25(11-9-18)22(26)29-21-3-1-2-20(16-21)24-12-14-30(27,28)15-13-24/h1-7,16,18H,8-15H2. The molecule has 0 aliphatic carbocycles. The van der Waals surface area contributed by atoms with Crippen LogP contribution < -0.4 is 9.64 Å². The highest BCUT2D eigenvalue weighted by atomic mass is 32.2. The fourth-order valence-corrected chi connectivity index (χ4v) is 5.21. The minimum absolute atomic E-state index is 0.139. The quantitative estimate of drug-likeness (QED) is 0.743. The van der Waals surface area contributed by atoms with Crippen LogP contribution in [0.5, 0.6) is 5.75 Å². The van der Waals surface area contributed by atoms with E-state index < -0.39 is 9.84 Å². The Morgan fingerprint density at radius 1 is 0.967 bits per heavy atom. The van der Waals surface area contributed by atoms with E-state index >= 15 is 0 Å². The summed E-state index contributed by atoms with van der Waals surface area (Å²) in [7, 11) is -2.95. The molecule has 6 nitrogen and oxygen atoms in total. The average Bonchev–Trinajstić information content (AvgIpc) is 2.74. The molecule has 0 atom stereocenters. The number of carbonyl (C=O) groups is 1. The Morgan fingerprint density at radius 3 is 2.30 bits per heavy atom. The van der Waals surface area contributed by atoms with Crippen LogP contribution in [0.25, 0.3) is 0 Å². The molecule has 2 fully saturated rings. The molecule has 2 heterocycles. The van der Waals surface area contributed by atoms with Crippen LogP contribution in [0.3, 0.4) is 0 Å². The van der Waals surface area contributed by atoms with Gasteiger partial charge in [-0.3, -0.25) is 0 Å². The zero-order valence-corrected chi connectivity index (χ0v) is 17.5. The second-order valence-electron chi connectivity index (χ2n) is 7.82. The van der Waals surface area contributed by atoms with Gasteiger partial charge in [0.25, 0.3) is 0 Å². The molecule has 0 unspecified atom stereocenters. The number of likely N-dealkylation sites (tertiary alicyclic amines) is 1. The molecular formula is C22H25FN2O4S. The number of nitrogens with zero attached hydrogens (tertiary/aromatic N) is 2. The summed E-state index contributed by atoms with van der Waals surface area (Å²) in [6.07, 6.45) is 1.23. The predicted molar refractivity (Wildman–Crippen MR) is 113 cm³/mol. The minimum atomic E-state index is -2.95. The van der Waals surface area contributed by atoms with Gasteiger partial charge >= 0.3 is 6.09 Å². The summed E-state index contributed by atoms with van der Waals surface area (Å²) in [5, 5.41) is 0. The maximum atomic E-state index is 13.1. The van der Waals surface area contributed by atoms with E-state index in [1.54, 1.807) is 17.0 Å². The van der Waals surface area contributed by atoms with Gasteiger partial charge in [-0.25, -0.2) is 17.6 Å². The molecule has 0 saturated carbocycles. The van der Waals surface area contributed by atoms with E-state index in [0.29, 0.717) is 37.8 Å². The molecule has 2 aliphatic heterocycles. The number of carbonyl (C=O) groups excluding carboxylic acids is 1. The molecule has 160 valence electrons. The van der Waals surface area contributed by atoms with Crippen LogP contribution in [-0.4, -0.2) is 57.1 Å². The van der Waals surface area contributed by atoms with Gasteiger partial charge in [-0.05, 0) is 48.6 Å². The maximum absolute atomic E-state index is 13.1. The summed E-state index contributed by atoms with van der Waals surface area (Å²) in [6.45, 7) is 2.06. The number of sulfone groups is 1. The van der Waals surface area contributed by atoms with Gasteiger partial charge < -0.3 is 14.5 Å². The van der Waals surface area contributed by atoms with Crippen molar-refractivity contribution in [1.29, 1.82) is 0 Å². The van der Waals surface area contributed by atoms with Crippen molar-refractivity contribution >= 4 is 21.6 Å².